The maximum atomic E-state index is 11.5. The van der Waals surface area contributed by atoms with Gasteiger partial charge in [-0.3, -0.25) is 9.63 Å². The molecular formula is C9H13N3O4. The molecule has 0 aliphatic rings. The van der Waals surface area contributed by atoms with Crippen molar-refractivity contribution in [2.75, 3.05) is 0 Å². The molecule has 0 aliphatic carbocycles. The average molecular weight is 227 g/mol. The van der Waals surface area contributed by atoms with Gasteiger partial charge in [-0.25, -0.2) is 15.3 Å². The molecule has 0 fully saturated rings. The van der Waals surface area contributed by atoms with Crippen molar-refractivity contribution >= 4 is 11.9 Å². The number of amides is 1. The van der Waals surface area contributed by atoms with E-state index in [1.54, 1.807) is 20.8 Å². The summed E-state index contributed by atoms with van der Waals surface area (Å²) in [6.45, 7) is 5.24. The molecule has 0 atom stereocenters. The zero-order valence-corrected chi connectivity index (χ0v) is 9.20. The number of rotatable bonds is 3. The first-order chi connectivity index (χ1) is 7.31. The molecule has 0 bridgehead atoms. The van der Waals surface area contributed by atoms with Gasteiger partial charge in [-0.05, 0) is 20.8 Å². The van der Waals surface area contributed by atoms with Crippen LogP contribution in [0.4, 0.5) is 0 Å². The van der Waals surface area contributed by atoms with Crippen molar-refractivity contribution in [3.8, 4) is 0 Å². The molecule has 3 N–H and O–H groups in total. The Morgan fingerprint density at radius 2 is 2.12 bits per heavy atom. The molecule has 1 aromatic rings. The number of H-pyrrole nitrogens is 1. The third-order valence-electron chi connectivity index (χ3n) is 1.52. The van der Waals surface area contributed by atoms with Crippen LogP contribution < -0.4 is 5.48 Å². The van der Waals surface area contributed by atoms with Gasteiger partial charge in [0.05, 0.1) is 11.9 Å². The Balaban J connectivity index is 2.74. The van der Waals surface area contributed by atoms with Crippen molar-refractivity contribution in [3.63, 3.8) is 0 Å². The summed E-state index contributed by atoms with van der Waals surface area (Å²) in [5.74, 6) is -1.95. The lowest BCUT2D eigenvalue weighted by atomic mass is 10.2. The summed E-state index contributed by atoms with van der Waals surface area (Å²) in [7, 11) is 0. The highest BCUT2D eigenvalue weighted by Crippen LogP contribution is 2.06. The van der Waals surface area contributed by atoms with Crippen LogP contribution in [0.3, 0.4) is 0 Å². The van der Waals surface area contributed by atoms with Crippen LogP contribution in [0.5, 0.6) is 0 Å². The predicted molar refractivity (Wildman–Crippen MR) is 53.9 cm³/mol. The second-order valence-electron chi connectivity index (χ2n) is 4.08. The van der Waals surface area contributed by atoms with Crippen molar-refractivity contribution in [2.24, 2.45) is 0 Å². The van der Waals surface area contributed by atoms with Crippen LogP contribution in [0.2, 0.25) is 0 Å². The minimum Gasteiger partial charge on any atom is -0.477 e. The van der Waals surface area contributed by atoms with Gasteiger partial charge in [0.2, 0.25) is 0 Å². The number of aromatic amines is 1. The van der Waals surface area contributed by atoms with E-state index in [2.05, 4.69) is 15.4 Å². The van der Waals surface area contributed by atoms with Crippen molar-refractivity contribution < 1.29 is 19.5 Å². The number of nitrogens with one attached hydrogen (secondary N) is 2. The maximum absolute atomic E-state index is 11.5. The van der Waals surface area contributed by atoms with Crippen LogP contribution in [0.25, 0.3) is 0 Å². The summed E-state index contributed by atoms with van der Waals surface area (Å²) in [4.78, 5) is 33.2. The third kappa shape index (κ3) is 3.06. The third-order valence-corrected chi connectivity index (χ3v) is 1.52. The first kappa shape index (κ1) is 12.2. The fourth-order valence-electron chi connectivity index (χ4n) is 0.877. The number of carboxylic acid groups (broad SMARTS) is 1. The lowest BCUT2D eigenvalue weighted by Gasteiger charge is -2.18. The van der Waals surface area contributed by atoms with Gasteiger partial charge in [0.25, 0.3) is 5.91 Å². The van der Waals surface area contributed by atoms with E-state index in [1.165, 1.54) is 0 Å². The summed E-state index contributed by atoms with van der Waals surface area (Å²) in [5.41, 5.74) is 1.10. The van der Waals surface area contributed by atoms with Crippen molar-refractivity contribution in [2.45, 2.75) is 26.4 Å². The Hall–Kier alpha value is -1.89. The minimum absolute atomic E-state index is 0.211. The molecule has 7 nitrogen and oxygen atoms in total. The van der Waals surface area contributed by atoms with Gasteiger partial charge in [-0.2, -0.15) is 0 Å². The van der Waals surface area contributed by atoms with Crippen molar-refractivity contribution in [1.82, 2.24) is 15.4 Å². The van der Waals surface area contributed by atoms with E-state index in [1.807, 2.05) is 0 Å². The second-order valence-corrected chi connectivity index (χ2v) is 4.08. The highest BCUT2D eigenvalue weighted by atomic mass is 16.7. The number of hydroxylamine groups is 1. The van der Waals surface area contributed by atoms with Crippen LogP contribution in [-0.4, -0.2) is 32.6 Å². The van der Waals surface area contributed by atoms with Crippen molar-refractivity contribution in [1.29, 1.82) is 0 Å². The summed E-state index contributed by atoms with van der Waals surface area (Å²) in [5, 5.41) is 8.74. The fraction of sp³-hybridized carbons (Fsp3) is 0.444. The van der Waals surface area contributed by atoms with Crippen LogP contribution >= 0.6 is 0 Å². The van der Waals surface area contributed by atoms with E-state index in [0.717, 1.165) is 6.33 Å². The minimum atomic E-state index is -1.25. The molecule has 0 aromatic carbocycles. The monoisotopic (exact) mass is 227 g/mol. The zero-order chi connectivity index (χ0) is 12.3. The Morgan fingerprint density at radius 3 is 2.62 bits per heavy atom. The summed E-state index contributed by atoms with van der Waals surface area (Å²) >= 11 is 0. The Kier molecular flexibility index (Phi) is 3.28. The SMILES string of the molecule is CC(C)(C)ONC(=O)c1nc[nH]c1C(=O)O. The van der Waals surface area contributed by atoms with Crippen LogP contribution in [0.15, 0.2) is 6.33 Å². The molecule has 0 radical (unpaired) electrons. The number of carbonyl (C=O) groups is 2. The molecule has 1 rings (SSSR count). The molecule has 1 heterocycles. The largest absolute Gasteiger partial charge is 0.477 e. The van der Waals surface area contributed by atoms with Crippen molar-refractivity contribution in [3.05, 3.63) is 17.7 Å². The van der Waals surface area contributed by atoms with Crippen LogP contribution in [-0.2, 0) is 4.84 Å². The van der Waals surface area contributed by atoms with Crippen LogP contribution in [0, 0.1) is 0 Å². The molecular weight excluding hydrogens is 214 g/mol. The molecule has 0 saturated heterocycles. The number of carbonyl (C=O) groups excluding carboxylic acids is 1. The Bertz CT molecular complexity index is 405. The highest BCUT2D eigenvalue weighted by Gasteiger charge is 2.21. The highest BCUT2D eigenvalue weighted by molar-refractivity contribution is 6.01. The summed E-state index contributed by atoms with van der Waals surface area (Å²) < 4.78 is 0. The Labute approximate surface area is 91.8 Å². The average Bonchev–Trinajstić information content (AvgIpc) is 2.61. The summed E-state index contributed by atoms with van der Waals surface area (Å²) in [6, 6.07) is 0. The second kappa shape index (κ2) is 4.31. The number of carboxylic acids is 1. The quantitative estimate of drug-likeness (QED) is 0.655. The van der Waals surface area contributed by atoms with Gasteiger partial charge < -0.3 is 10.1 Å². The van der Waals surface area contributed by atoms with Crippen LogP contribution in [0.1, 0.15) is 41.7 Å². The maximum Gasteiger partial charge on any atom is 0.354 e. The number of nitrogens with zero attached hydrogens (tertiary/aromatic N) is 1. The number of aromatic carboxylic acids is 1. The molecule has 88 valence electrons. The van der Waals surface area contributed by atoms with Gasteiger partial charge in [0.15, 0.2) is 11.4 Å². The molecule has 7 heteroatoms. The van der Waals surface area contributed by atoms with Gasteiger partial charge in [0, 0.05) is 0 Å². The standard InChI is InChI=1S/C9H13N3O4/c1-9(2,3)16-12-7(13)5-6(8(14)15)11-4-10-5/h4H,1-3H3,(H,10,11)(H,12,13)(H,14,15). The van der Waals surface area contributed by atoms with E-state index in [0.29, 0.717) is 0 Å². The molecule has 0 spiro atoms. The van der Waals surface area contributed by atoms with Gasteiger partial charge >= 0.3 is 5.97 Å². The van der Waals surface area contributed by atoms with E-state index < -0.39 is 17.5 Å². The molecule has 1 amide bonds. The van der Waals surface area contributed by atoms with Gasteiger partial charge in [-0.1, -0.05) is 0 Å². The number of hydrogen-bond acceptors (Lipinski definition) is 4. The molecule has 0 saturated carbocycles. The predicted octanol–water partition coefficient (Wildman–Crippen LogP) is 0.568. The number of aromatic nitrogens is 2. The van der Waals surface area contributed by atoms with E-state index in [9.17, 15) is 9.59 Å². The first-order valence-corrected chi connectivity index (χ1v) is 4.56. The van der Waals surface area contributed by atoms with Gasteiger partial charge in [0.1, 0.15) is 0 Å². The topological polar surface area (TPSA) is 104 Å². The number of imidazole rings is 1. The summed E-state index contributed by atoms with van der Waals surface area (Å²) in [6.07, 6.45) is 1.13. The molecule has 0 aliphatic heterocycles. The van der Waals surface area contributed by atoms with E-state index >= 15 is 0 Å². The molecule has 0 unspecified atom stereocenters. The van der Waals surface area contributed by atoms with Gasteiger partial charge in [-0.15, -0.1) is 0 Å². The first-order valence-electron chi connectivity index (χ1n) is 4.56. The number of hydrogen-bond donors (Lipinski definition) is 3. The van der Waals surface area contributed by atoms with E-state index in [-0.39, 0.29) is 11.4 Å². The van der Waals surface area contributed by atoms with E-state index in [4.69, 9.17) is 9.94 Å². The smallest absolute Gasteiger partial charge is 0.354 e. The molecule has 1 aromatic heterocycles. The Morgan fingerprint density at radius 1 is 1.50 bits per heavy atom. The molecule has 16 heavy (non-hydrogen) atoms. The normalized spacial score (nSPS) is 11.2. The fourth-order valence-corrected chi connectivity index (χ4v) is 0.877. The zero-order valence-electron chi connectivity index (χ0n) is 9.20. The lowest BCUT2D eigenvalue weighted by Crippen LogP contribution is -2.34. The lowest BCUT2D eigenvalue weighted by molar-refractivity contribution is -0.0591.